The molecule has 0 atom stereocenters. The van der Waals surface area contributed by atoms with Gasteiger partial charge in [-0.05, 0) is 12.8 Å². The fraction of sp³-hybridized carbons (Fsp3) is 0.667. The van der Waals surface area contributed by atoms with E-state index in [-0.39, 0.29) is 0 Å². The number of aliphatic imine (C=N–C) groups is 1. The molecule has 1 aliphatic heterocycles. The molecule has 0 saturated heterocycles. The van der Waals surface area contributed by atoms with Crippen LogP contribution >= 0.6 is 0 Å². The van der Waals surface area contributed by atoms with E-state index < -0.39 is 0 Å². The minimum atomic E-state index is 0.846. The van der Waals surface area contributed by atoms with Crippen molar-refractivity contribution in [2.24, 2.45) is 4.99 Å². The van der Waals surface area contributed by atoms with Crippen LogP contribution in [0.5, 0.6) is 0 Å². The fourth-order valence-corrected chi connectivity index (χ4v) is 1.51. The average Bonchev–Trinajstić information content (AvgIpc) is 2.72. The molecule has 0 amide bonds. The molecule has 0 aromatic carbocycles. The molecule has 0 unspecified atom stereocenters. The molecular weight excluding hydrogens is 178 g/mol. The van der Waals surface area contributed by atoms with E-state index in [9.17, 15) is 0 Å². The van der Waals surface area contributed by atoms with Gasteiger partial charge in [-0.1, -0.05) is 5.21 Å². The standard InChI is InChI=1S/C9H15N5/c1-2-4-10-9(3-1)11-5-7-14-8-6-12-13-14/h6,8H,1-5,7H2,(H,10,11). The van der Waals surface area contributed by atoms with E-state index in [2.05, 4.69) is 20.6 Å². The number of nitrogens with zero attached hydrogens (tertiary/aromatic N) is 4. The number of aromatic nitrogens is 3. The molecule has 76 valence electrons. The molecule has 1 N–H and O–H groups in total. The SMILES string of the molecule is c1cn(CCNC2=NCCCC2)nn1. The fourth-order valence-electron chi connectivity index (χ4n) is 1.51. The van der Waals surface area contributed by atoms with E-state index in [1.54, 1.807) is 6.20 Å². The molecule has 5 heteroatoms. The van der Waals surface area contributed by atoms with Gasteiger partial charge in [0.05, 0.1) is 18.6 Å². The van der Waals surface area contributed by atoms with Gasteiger partial charge >= 0.3 is 0 Å². The first kappa shape index (κ1) is 9.18. The van der Waals surface area contributed by atoms with Crippen LogP contribution in [-0.4, -0.2) is 33.9 Å². The molecule has 0 spiro atoms. The van der Waals surface area contributed by atoms with Gasteiger partial charge in [0.25, 0.3) is 0 Å². The summed E-state index contributed by atoms with van der Waals surface area (Å²) in [5.41, 5.74) is 0. The van der Waals surface area contributed by atoms with Gasteiger partial charge < -0.3 is 5.32 Å². The maximum absolute atomic E-state index is 4.41. The van der Waals surface area contributed by atoms with E-state index in [1.807, 2.05) is 10.9 Å². The summed E-state index contributed by atoms with van der Waals surface area (Å²) in [6, 6.07) is 0. The summed E-state index contributed by atoms with van der Waals surface area (Å²) in [7, 11) is 0. The predicted molar refractivity (Wildman–Crippen MR) is 54.2 cm³/mol. The molecular formula is C9H15N5. The number of hydrogen-bond donors (Lipinski definition) is 1. The normalized spacial score (nSPS) is 16.4. The Hall–Kier alpha value is -1.39. The Balaban J connectivity index is 1.70. The van der Waals surface area contributed by atoms with Gasteiger partial charge in [0.1, 0.15) is 0 Å². The second kappa shape index (κ2) is 4.74. The highest BCUT2D eigenvalue weighted by molar-refractivity contribution is 5.82. The van der Waals surface area contributed by atoms with Crippen LogP contribution in [0.3, 0.4) is 0 Å². The Kier molecular flexibility index (Phi) is 3.10. The Morgan fingerprint density at radius 1 is 1.43 bits per heavy atom. The molecule has 1 aromatic heterocycles. The number of nitrogens with one attached hydrogen (secondary N) is 1. The van der Waals surface area contributed by atoms with Crippen molar-refractivity contribution >= 4 is 5.84 Å². The molecule has 0 aliphatic carbocycles. The zero-order valence-corrected chi connectivity index (χ0v) is 8.19. The van der Waals surface area contributed by atoms with Crippen LogP contribution in [0.25, 0.3) is 0 Å². The minimum Gasteiger partial charge on any atom is -0.372 e. The second-order valence-electron chi connectivity index (χ2n) is 3.38. The van der Waals surface area contributed by atoms with Crippen LogP contribution in [0.4, 0.5) is 0 Å². The van der Waals surface area contributed by atoms with Gasteiger partial charge in [0, 0.05) is 25.7 Å². The number of rotatable bonds is 3. The Bertz CT molecular complexity index is 290. The summed E-state index contributed by atoms with van der Waals surface area (Å²) in [6.45, 7) is 2.70. The topological polar surface area (TPSA) is 55.1 Å². The Morgan fingerprint density at radius 3 is 3.14 bits per heavy atom. The van der Waals surface area contributed by atoms with Crippen molar-refractivity contribution < 1.29 is 0 Å². The molecule has 0 fully saturated rings. The first-order valence-electron chi connectivity index (χ1n) is 5.06. The maximum atomic E-state index is 4.41. The maximum Gasteiger partial charge on any atom is 0.0963 e. The first-order valence-corrected chi connectivity index (χ1v) is 5.06. The van der Waals surface area contributed by atoms with Gasteiger partial charge in [-0.2, -0.15) is 0 Å². The summed E-state index contributed by atoms with van der Waals surface area (Å²) >= 11 is 0. The van der Waals surface area contributed by atoms with Crippen molar-refractivity contribution in [1.29, 1.82) is 0 Å². The van der Waals surface area contributed by atoms with Crippen LogP contribution in [0.2, 0.25) is 0 Å². The van der Waals surface area contributed by atoms with Crippen LogP contribution in [0.15, 0.2) is 17.4 Å². The molecule has 1 aliphatic rings. The van der Waals surface area contributed by atoms with E-state index in [0.717, 1.165) is 31.9 Å². The lowest BCUT2D eigenvalue weighted by Crippen LogP contribution is -2.29. The molecule has 14 heavy (non-hydrogen) atoms. The largest absolute Gasteiger partial charge is 0.372 e. The van der Waals surface area contributed by atoms with Crippen LogP contribution in [0, 0.1) is 0 Å². The van der Waals surface area contributed by atoms with Crippen LogP contribution < -0.4 is 5.32 Å². The van der Waals surface area contributed by atoms with Gasteiger partial charge in [-0.15, -0.1) is 5.10 Å². The second-order valence-corrected chi connectivity index (χ2v) is 3.38. The zero-order valence-electron chi connectivity index (χ0n) is 8.19. The average molecular weight is 193 g/mol. The molecule has 0 radical (unpaired) electrons. The number of hydrogen-bond acceptors (Lipinski definition) is 4. The van der Waals surface area contributed by atoms with Gasteiger partial charge in [-0.3, -0.25) is 9.67 Å². The third kappa shape index (κ3) is 2.55. The molecule has 5 nitrogen and oxygen atoms in total. The van der Waals surface area contributed by atoms with E-state index in [1.165, 1.54) is 12.8 Å². The van der Waals surface area contributed by atoms with E-state index in [4.69, 9.17) is 0 Å². The van der Waals surface area contributed by atoms with Crippen molar-refractivity contribution in [2.75, 3.05) is 13.1 Å². The van der Waals surface area contributed by atoms with Crippen molar-refractivity contribution in [3.05, 3.63) is 12.4 Å². The van der Waals surface area contributed by atoms with Crippen molar-refractivity contribution in [3.8, 4) is 0 Å². The first-order chi connectivity index (χ1) is 6.95. The molecule has 2 heterocycles. The highest BCUT2D eigenvalue weighted by Gasteiger charge is 2.03. The van der Waals surface area contributed by atoms with Gasteiger partial charge in [0.15, 0.2) is 0 Å². The number of amidine groups is 1. The molecule has 2 rings (SSSR count). The summed E-state index contributed by atoms with van der Waals surface area (Å²) in [5, 5.41) is 10.9. The zero-order chi connectivity index (χ0) is 9.64. The molecule has 0 saturated carbocycles. The van der Waals surface area contributed by atoms with E-state index in [0.29, 0.717) is 0 Å². The monoisotopic (exact) mass is 193 g/mol. The lowest BCUT2D eigenvalue weighted by Gasteiger charge is -2.13. The lowest BCUT2D eigenvalue weighted by molar-refractivity contribution is 0.574. The van der Waals surface area contributed by atoms with Crippen LogP contribution in [0.1, 0.15) is 19.3 Å². The molecule has 0 bridgehead atoms. The summed E-state index contributed by atoms with van der Waals surface area (Å²) in [4.78, 5) is 4.41. The van der Waals surface area contributed by atoms with Crippen molar-refractivity contribution in [2.45, 2.75) is 25.8 Å². The highest BCUT2D eigenvalue weighted by Crippen LogP contribution is 2.03. The van der Waals surface area contributed by atoms with Crippen LogP contribution in [-0.2, 0) is 6.54 Å². The predicted octanol–water partition coefficient (Wildman–Crippen LogP) is 0.450. The minimum absolute atomic E-state index is 0.846. The Labute approximate surface area is 83.2 Å². The summed E-state index contributed by atoms with van der Waals surface area (Å²) in [6.07, 6.45) is 7.14. The van der Waals surface area contributed by atoms with E-state index >= 15 is 0 Å². The highest BCUT2D eigenvalue weighted by atomic mass is 15.4. The van der Waals surface area contributed by atoms with Gasteiger partial charge in [0.2, 0.25) is 0 Å². The molecule has 1 aromatic rings. The van der Waals surface area contributed by atoms with Crippen molar-refractivity contribution in [1.82, 2.24) is 20.3 Å². The summed E-state index contributed by atoms with van der Waals surface area (Å²) < 4.78 is 1.82. The van der Waals surface area contributed by atoms with Crippen molar-refractivity contribution in [3.63, 3.8) is 0 Å². The smallest absolute Gasteiger partial charge is 0.0963 e. The lowest BCUT2D eigenvalue weighted by atomic mass is 10.2. The quantitative estimate of drug-likeness (QED) is 0.758. The summed E-state index contributed by atoms with van der Waals surface area (Å²) in [5.74, 6) is 1.15. The van der Waals surface area contributed by atoms with Gasteiger partial charge in [-0.25, -0.2) is 0 Å². The third-order valence-electron chi connectivity index (χ3n) is 2.27. The third-order valence-corrected chi connectivity index (χ3v) is 2.27. The Morgan fingerprint density at radius 2 is 2.43 bits per heavy atom.